The summed E-state index contributed by atoms with van der Waals surface area (Å²) in [6.07, 6.45) is 1.97. The molecule has 2 atom stereocenters. The Hall–Kier alpha value is -2.57. The van der Waals surface area contributed by atoms with E-state index in [1.54, 1.807) is 0 Å². The molecule has 6 heteroatoms. The van der Waals surface area contributed by atoms with Crippen molar-refractivity contribution in [2.75, 3.05) is 32.8 Å². The maximum absolute atomic E-state index is 6.21. The van der Waals surface area contributed by atoms with Crippen LogP contribution in [0.15, 0.2) is 59.6 Å². The van der Waals surface area contributed by atoms with E-state index >= 15 is 0 Å². The molecule has 29 heavy (non-hydrogen) atoms. The van der Waals surface area contributed by atoms with E-state index < -0.39 is 0 Å². The zero-order chi connectivity index (χ0) is 19.9. The lowest BCUT2D eigenvalue weighted by Crippen LogP contribution is -2.39. The quantitative estimate of drug-likeness (QED) is 0.603. The number of aliphatic imine (C=N–C) groups is 1. The summed E-state index contributed by atoms with van der Waals surface area (Å²) in [6.45, 7) is 4.87. The third-order valence-corrected chi connectivity index (χ3v) is 5.43. The third kappa shape index (κ3) is 5.49. The van der Waals surface area contributed by atoms with Crippen LogP contribution in [0.4, 0.5) is 0 Å². The lowest BCUT2D eigenvalue weighted by Gasteiger charge is -2.27. The smallest absolute Gasteiger partial charge is 0.189 e. The molecule has 6 nitrogen and oxygen atoms in total. The van der Waals surface area contributed by atoms with Crippen molar-refractivity contribution in [1.82, 2.24) is 10.2 Å². The van der Waals surface area contributed by atoms with E-state index in [4.69, 9.17) is 15.2 Å². The van der Waals surface area contributed by atoms with Crippen LogP contribution < -0.4 is 15.8 Å². The van der Waals surface area contributed by atoms with Crippen LogP contribution >= 0.6 is 0 Å². The summed E-state index contributed by atoms with van der Waals surface area (Å²) < 4.78 is 11.7. The van der Waals surface area contributed by atoms with Crippen LogP contribution in [0.1, 0.15) is 30.0 Å². The summed E-state index contributed by atoms with van der Waals surface area (Å²) in [7, 11) is 0. The molecular formula is C23H30N4O2. The van der Waals surface area contributed by atoms with Crippen LogP contribution in [-0.4, -0.2) is 49.8 Å². The van der Waals surface area contributed by atoms with E-state index in [-0.39, 0.29) is 12.1 Å². The molecule has 2 aromatic carbocycles. The third-order valence-electron chi connectivity index (χ3n) is 5.43. The van der Waals surface area contributed by atoms with Gasteiger partial charge in [-0.2, -0.15) is 0 Å². The lowest BCUT2D eigenvalue weighted by atomic mass is 10.0. The van der Waals surface area contributed by atoms with Gasteiger partial charge in [0.25, 0.3) is 0 Å². The van der Waals surface area contributed by atoms with Crippen molar-refractivity contribution in [2.24, 2.45) is 10.7 Å². The van der Waals surface area contributed by atoms with E-state index in [2.05, 4.69) is 51.6 Å². The number of nitrogens with two attached hydrogens (primary N) is 1. The van der Waals surface area contributed by atoms with Crippen LogP contribution in [0.2, 0.25) is 0 Å². The van der Waals surface area contributed by atoms with Gasteiger partial charge in [-0.15, -0.1) is 0 Å². The Morgan fingerprint density at radius 1 is 1.10 bits per heavy atom. The molecule has 2 aliphatic rings. The number of hydrogen-bond acceptors (Lipinski definition) is 4. The predicted octanol–water partition coefficient (Wildman–Crippen LogP) is 2.71. The number of para-hydroxylation sites is 1. The Morgan fingerprint density at radius 3 is 2.83 bits per heavy atom. The van der Waals surface area contributed by atoms with Crippen LogP contribution in [-0.2, 0) is 11.3 Å². The van der Waals surface area contributed by atoms with Gasteiger partial charge in [0.15, 0.2) is 5.96 Å². The minimum atomic E-state index is 0.0588. The number of ether oxygens (including phenoxy) is 2. The average Bonchev–Trinajstić information content (AvgIpc) is 2.98. The van der Waals surface area contributed by atoms with E-state index in [1.807, 2.05) is 18.2 Å². The van der Waals surface area contributed by atoms with Gasteiger partial charge in [0.1, 0.15) is 5.75 Å². The zero-order valence-electron chi connectivity index (χ0n) is 16.8. The van der Waals surface area contributed by atoms with Gasteiger partial charge in [0, 0.05) is 38.2 Å². The summed E-state index contributed by atoms with van der Waals surface area (Å²) >= 11 is 0. The molecule has 0 aliphatic carbocycles. The van der Waals surface area contributed by atoms with Gasteiger partial charge >= 0.3 is 0 Å². The molecule has 0 saturated carbocycles. The van der Waals surface area contributed by atoms with Crippen LogP contribution in [0.25, 0.3) is 0 Å². The fraction of sp³-hybridized carbons (Fsp3) is 0.435. The minimum absolute atomic E-state index is 0.0588. The average molecular weight is 395 g/mol. The van der Waals surface area contributed by atoms with Gasteiger partial charge in [-0.1, -0.05) is 48.5 Å². The number of guanidine groups is 1. The Balaban J connectivity index is 1.33. The molecule has 0 radical (unpaired) electrons. The molecule has 2 aromatic rings. The van der Waals surface area contributed by atoms with Gasteiger partial charge in [0.05, 0.1) is 25.3 Å². The first-order chi connectivity index (χ1) is 14.3. The maximum Gasteiger partial charge on any atom is 0.189 e. The van der Waals surface area contributed by atoms with Crippen molar-refractivity contribution in [1.29, 1.82) is 0 Å². The second-order valence-electron chi connectivity index (χ2n) is 7.66. The molecule has 2 unspecified atom stereocenters. The van der Waals surface area contributed by atoms with Gasteiger partial charge in [0.2, 0.25) is 0 Å². The number of fused-ring (bicyclic) bond motifs is 1. The first kappa shape index (κ1) is 19.7. The number of rotatable bonds is 5. The van der Waals surface area contributed by atoms with Gasteiger partial charge in [-0.25, -0.2) is 0 Å². The highest BCUT2D eigenvalue weighted by Crippen LogP contribution is 2.31. The van der Waals surface area contributed by atoms with Crippen molar-refractivity contribution in [3.8, 4) is 5.75 Å². The SMILES string of the molecule is NC(=NCC1CN(Cc2ccccc2)CCCO1)NC1CCOc2ccccc21. The summed E-state index contributed by atoms with van der Waals surface area (Å²) in [5, 5.41) is 3.36. The van der Waals surface area contributed by atoms with E-state index in [1.165, 1.54) is 5.56 Å². The van der Waals surface area contributed by atoms with Crippen molar-refractivity contribution >= 4 is 5.96 Å². The summed E-state index contributed by atoms with van der Waals surface area (Å²) in [5.74, 6) is 1.39. The van der Waals surface area contributed by atoms with Gasteiger partial charge in [-0.3, -0.25) is 9.89 Å². The van der Waals surface area contributed by atoms with Crippen LogP contribution in [0.5, 0.6) is 5.75 Å². The highest BCUT2D eigenvalue weighted by Gasteiger charge is 2.22. The highest BCUT2D eigenvalue weighted by molar-refractivity contribution is 5.78. The Kier molecular flexibility index (Phi) is 6.64. The van der Waals surface area contributed by atoms with E-state index in [0.717, 1.165) is 50.4 Å². The predicted molar refractivity (Wildman–Crippen MR) is 115 cm³/mol. The molecule has 2 heterocycles. The zero-order valence-corrected chi connectivity index (χ0v) is 16.8. The lowest BCUT2D eigenvalue weighted by molar-refractivity contribution is 0.0599. The maximum atomic E-state index is 6.21. The van der Waals surface area contributed by atoms with Crippen LogP contribution in [0.3, 0.4) is 0 Å². The molecule has 0 bridgehead atoms. The molecule has 0 amide bonds. The summed E-state index contributed by atoms with van der Waals surface area (Å²) in [5.41, 5.74) is 8.67. The molecule has 2 aliphatic heterocycles. The first-order valence-electron chi connectivity index (χ1n) is 10.4. The van der Waals surface area contributed by atoms with Crippen molar-refractivity contribution in [3.63, 3.8) is 0 Å². The molecular weight excluding hydrogens is 364 g/mol. The summed E-state index contributed by atoms with van der Waals surface area (Å²) in [4.78, 5) is 7.03. The molecule has 1 saturated heterocycles. The Labute approximate surface area is 172 Å². The minimum Gasteiger partial charge on any atom is -0.493 e. The second-order valence-corrected chi connectivity index (χ2v) is 7.66. The van der Waals surface area contributed by atoms with E-state index in [9.17, 15) is 0 Å². The number of benzene rings is 2. The summed E-state index contributed by atoms with van der Waals surface area (Å²) in [6, 6.07) is 18.8. The number of nitrogens with zero attached hydrogens (tertiary/aromatic N) is 2. The largest absolute Gasteiger partial charge is 0.493 e. The fourth-order valence-corrected chi connectivity index (χ4v) is 3.98. The molecule has 4 rings (SSSR count). The van der Waals surface area contributed by atoms with Gasteiger partial charge in [-0.05, 0) is 18.1 Å². The van der Waals surface area contributed by atoms with Crippen molar-refractivity contribution in [2.45, 2.75) is 31.5 Å². The Morgan fingerprint density at radius 2 is 1.93 bits per heavy atom. The van der Waals surface area contributed by atoms with Crippen molar-refractivity contribution < 1.29 is 9.47 Å². The highest BCUT2D eigenvalue weighted by atomic mass is 16.5. The van der Waals surface area contributed by atoms with Crippen LogP contribution in [0, 0.1) is 0 Å². The number of nitrogens with one attached hydrogen (secondary N) is 1. The molecule has 1 fully saturated rings. The van der Waals surface area contributed by atoms with Crippen molar-refractivity contribution in [3.05, 3.63) is 65.7 Å². The molecule has 0 aromatic heterocycles. The normalized spacial score (nSPS) is 23.0. The first-order valence-corrected chi connectivity index (χ1v) is 10.4. The van der Waals surface area contributed by atoms with E-state index in [0.29, 0.717) is 19.1 Å². The second kappa shape index (κ2) is 9.76. The van der Waals surface area contributed by atoms with Gasteiger partial charge < -0.3 is 20.5 Å². The molecule has 3 N–H and O–H groups in total. The molecule has 154 valence electrons. The monoisotopic (exact) mass is 394 g/mol. The number of hydrogen-bond donors (Lipinski definition) is 2. The Bertz CT molecular complexity index is 812. The fourth-order valence-electron chi connectivity index (χ4n) is 3.98. The standard InChI is InChI=1S/C23H30N4O2/c24-23(26-21-11-14-29-22-10-5-4-9-20(21)22)25-15-19-17-27(12-6-13-28-19)16-18-7-2-1-3-8-18/h1-5,7-10,19,21H,6,11-17H2,(H3,24,25,26). The molecule has 0 spiro atoms. The topological polar surface area (TPSA) is 72.1 Å².